The molecule has 1 aliphatic rings. The maximum absolute atomic E-state index is 12.6. The third-order valence-corrected chi connectivity index (χ3v) is 4.85. The molecule has 0 heterocycles. The molecule has 0 spiro atoms. The van der Waals surface area contributed by atoms with Crippen molar-refractivity contribution in [2.24, 2.45) is 17.6 Å². The maximum atomic E-state index is 12.6. The molecule has 1 fully saturated rings. The molecule has 1 amide bonds. The second kappa shape index (κ2) is 8.55. The number of amides is 1. The third-order valence-electron chi connectivity index (χ3n) is 4.19. The summed E-state index contributed by atoms with van der Waals surface area (Å²) in [6.07, 6.45) is 3.00. The topological polar surface area (TPSA) is 73.6 Å². The van der Waals surface area contributed by atoms with E-state index in [9.17, 15) is 4.79 Å². The number of rotatable bonds is 7. The molecule has 0 unspecified atom stereocenters. The largest absolute Gasteiger partial charge is 0.490 e. The fourth-order valence-electron chi connectivity index (χ4n) is 3.06. The lowest BCUT2D eigenvalue weighted by Crippen LogP contribution is -2.29. The molecule has 0 saturated heterocycles. The summed E-state index contributed by atoms with van der Waals surface area (Å²) in [4.78, 5) is 12.6. The van der Waals surface area contributed by atoms with Crippen LogP contribution >= 0.6 is 15.9 Å². The van der Waals surface area contributed by atoms with Crippen LogP contribution in [0.2, 0.25) is 0 Å². The van der Waals surface area contributed by atoms with Gasteiger partial charge in [0.15, 0.2) is 11.5 Å². The Morgan fingerprint density at radius 3 is 2.52 bits per heavy atom. The molecule has 1 aliphatic carbocycles. The zero-order chi connectivity index (χ0) is 16.8. The van der Waals surface area contributed by atoms with Gasteiger partial charge in [0, 0.05) is 22.5 Å². The van der Waals surface area contributed by atoms with E-state index in [0.717, 1.165) is 23.7 Å². The number of hydrogen-bond acceptors (Lipinski definition) is 4. The van der Waals surface area contributed by atoms with Gasteiger partial charge in [0.05, 0.1) is 18.9 Å². The van der Waals surface area contributed by atoms with Gasteiger partial charge in [-0.25, -0.2) is 0 Å². The smallest absolute Gasteiger partial charge is 0.227 e. The van der Waals surface area contributed by atoms with Crippen molar-refractivity contribution >= 4 is 27.5 Å². The van der Waals surface area contributed by atoms with E-state index in [0.29, 0.717) is 36.9 Å². The predicted octanol–water partition coefficient (Wildman–Crippen LogP) is 3.56. The lowest BCUT2D eigenvalue weighted by Gasteiger charge is -2.19. The third kappa shape index (κ3) is 4.38. The average molecular weight is 385 g/mol. The first-order chi connectivity index (χ1) is 11.1. The summed E-state index contributed by atoms with van der Waals surface area (Å²) in [5.41, 5.74) is 6.48. The van der Waals surface area contributed by atoms with Crippen molar-refractivity contribution in [2.75, 3.05) is 25.1 Å². The number of nitrogens with two attached hydrogens (primary N) is 1. The Kier molecular flexibility index (Phi) is 6.72. The number of carbonyl (C=O) groups is 1. The molecule has 2 atom stereocenters. The molecule has 3 N–H and O–H groups in total. The second-order valence-electron chi connectivity index (χ2n) is 5.67. The summed E-state index contributed by atoms with van der Waals surface area (Å²) in [6, 6.07) is 3.64. The highest BCUT2D eigenvalue weighted by molar-refractivity contribution is 9.10. The first-order valence-electron chi connectivity index (χ1n) is 8.20. The molecular formula is C17H25BrN2O3. The lowest BCUT2D eigenvalue weighted by molar-refractivity contribution is -0.120. The van der Waals surface area contributed by atoms with E-state index in [1.807, 2.05) is 26.0 Å². The number of anilines is 1. The molecule has 6 heteroatoms. The van der Waals surface area contributed by atoms with Crippen LogP contribution in [0.3, 0.4) is 0 Å². The molecule has 0 aromatic heterocycles. The Balaban J connectivity index is 2.18. The normalized spacial score (nSPS) is 20.3. The van der Waals surface area contributed by atoms with Gasteiger partial charge >= 0.3 is 0 Å². The first kappa shape index (κ1) is 18.1. The summed E-state index contributed by atoms with van der Waals surface area (Å²) in [5, 5.41) is 3.01. The number of hydrogen-bond donors (Lipinski definition) is 2. The van der Waals surface area contributed by atoms with E-state index in [1.54, 1.807) is 0 Å². The molecule has 1 aromatic rings. The minimum absolute atomic E-state index is 0.00554. The molecule has 1 aromatic carbocycles. The molecule has 128 valence electrons. The van der Waals surface area contributed by atoms with Crippen LogP contribution in [0.1, 0.15) is 33.1 Å². The molecular weight excluding hydrogens is 360 g/mol. The fraction of sp³-hybridized carbons (Fsp3) is 0.588. The van der Waals surface area contributed by atoms with E-state index in [4.69, 9.17) is 15.2 Å². The molecule has 0 aliphatic heterocycles. The minimum atomic E-state index is -0.00554. The van der Waals surface area contributed by atoms with Crippen LogP contribution in [0.25, 0.3) is 0 Å². The number of benzene rings is 1. The van der Waals surface area contributed by atoms with Crippen LogP contribution < -0.4 is 20.5 Å². The Morgan fingerprint density at radius 1 is 1.26 bits per heavy atom. The maximum Gasteiger partial charge on any atom is 0.227 e. The fourth-order valence-corrected chi connectivity index (χ4v) is 3.48. The lowest BCUT2D eigenvalue weighted by atomic mass is 9.95. The number of nitrogens with one attached hydrogen (secondary N) is 1. The highest BCUT2D eigenvalue weighted by Gasteiger charge is 2.32. The zero-order valence-electron chi connectivity index (χ0n) is 13.7. The highest BCUT2D eigenvalue weighted by atomic mass is 79.9. The molecule has 2 rings (SSSR count). The minimum Gasteiger partial charge on any atom is -0.490 e. The number of ether oxygens (including phenoxy) is 2. The quantitative estimate of drug-likeness (QED) is 0.753. The molecule has 23 heavy (non-hydrogen) atoms. The van der Waals surface area contributed by atoms with Gasteiger partial charge in [0.2, 0.25) is 5.91 Å². The number of halogens is 1. The van der Waals surface area contributed by atoms with Gasteiger partial charge in [0.1, 0.15) is 0 Å². The number of carbonyl (C=O) groups excluding carboxylic acids is 1. The monoisotopic (exact) mass is 384 g/mol. The van der Waals surface area contributed by atoms with Gasteiger partial charge in [-0.15, -0.1) is 0 Å². The molecule has 1 saturated carbocycles. The summed E-state index contributed by atoms with van der Waals surface area (Å²) in [5.74, 6) is 1.61. The van der Waals surface area contributed by atoms with Crippen LogP contribution in [0.15, 0.2) is 16.6 Å². The Labute approximate surface area is 146 Å². The Bertz CT molecular complexity index is 551. The predicted molar refractivity (Wildman–Crippen MR) is 95.0 cm³/mol. The summed E-state index contributed by atoms with van der Waals surface area (Å²) in [6.45, 7) is 5.49. The Hall–Kier alpha value is -1.27. The van der Waals surface area contributed by atoms with Gasteiger partial charge in [-0.05, 0) is 55.1 Å². The van der Waals surface area contributed by atoms with Crippen LogP contribution in [0.4, 0.5) is 5.69 Å². The zero-order valence-corrected chi connectivity index (χ0v) is 15.3. The van der Waals surface area contributed by atoms with E-state index in [-0.39, 0.29) is 17.7 Å². The van der Waals surface area contributed by atoms with Crippen LogP contribution in [-0.4, -0.2) is 25.7 Å². The van der Waals surface area contributed by atoms with Crippen LogP contribution in [-0.2, 0) is 4.79 Å². The SMILES string of the molecule is CCOc1cc(Br)c(NC(=O)[C@@H]2CCC[C@@H]2CN)cc1OCC. The van der Waals surface area contributed by atoms with E-state index in [2.05, 4.69) is 21.2 Å². The van der Waals surface area contributed by atoms with Gasteiger partial charge in [-0.1, -0.05) is 6.42 Å². The standard InChI is InChI=1S/C17H25BrN2O3/c1-3-22-15-8-13(18)14(9-16(15)23-4-2)20-17(21)12-7-5-6-11(12)10-19/h8-9,11-12H,3-7,10,19H2,1-2H3,(H,20,21)/t11-,12-/m1/s1. The van der Waals surface area contributed by atoms with Crippen molar-refractivity contribution in [2.45, 2.75) is 33.1 Å². The van der Waals surface area contributed by atoms with Crippen molar-refractivity contribution in [3.8, 4) is 11.5 Å². The van der Waals surface area contributed by atoms with Crippen LogP contribution in [0.5, 0.6) is 11.5 Å². The van der Waals surface area contributed by atoms with E-state index >= 15 is 0 Å². The Morgan fingerprint density at radius 2 is 1.91 bits per heavy atom. The first-order valence-corrected chi connectivity index (χ1v) is 9.00. The molecule has 0 radical (unpaired) electrons. The summed E-state index contributed by atoms with van der Waals surface area (Å²) < 4.78 is 12.0. The highest BCUT2D eigenvalue weighted by Crippen LogP contribution is 2.38. The van der Waals surface area contributed by atoms with Crippen molar-refractivity contribution in [3.05, 3.63) is 16.6 Å². The van der Waals surface area contributed by atoms with E-state index in [1.165, 1.54) is 0 Å². The molecule has 5 nitrogen and oxygen atoms in total. The van der Waals surface area contributed by atoms with Crippen molar-refractivity contribution in [3.63, 3.8) is 0 Å². The van der Waals surface area contributed by atoms with Gasteiger partial charge < -0.3 is 20.5 Å². The molecule has 0 bridgehead atoms. The van der Waals surface area contributed by atoms with Crippen LogP contribution in [0, 0.1) is 11.8 Å². The summed E-state index contributed by atoms with van der Waals surface area (Å²) >= 11 is 3.50. The van der Waals surface area contributed by atoms with Gasteiger partial charge in [0.25, 0.3) is 0 Å². The second-order valence-corrected chi connectivity index (χ2v) is 6.52. The van der Waals surface area contributed by atoms with Crippen molar-refractivity contribution in [1.29, 1.82) is 0 Å². The van der Waals surface area contributed by atoms with Gasteiger partial charge in [-0.3, -0.25) is 4.79 Å². The van der Waals surface area contributed by atoms with E-state index < -0.39 is 0 Å². The van der Waals surface area contributed by atoms with Crippen molar-refractivity contribution in [1.82, 2.24) is 0 Å². The summed E-state index contributed by atoms with van der Waals surface area (Å²) in [7, 11) is 0. The van der Waals surface area contributed by atoms with Crippen molar-refractivity contribution < 1.29 is 14.3 Å². The van der Waals surface area contributed by atoms with Gasteiger partial charge in [-0.2, -0.15) is 0 Å². The average Bonchev–Trinajstić information content (AvgIpc) is 3.00.